The highest BCUT2D eigenvalue weighted by Gasteiger charge is 2.33. The molecule has 3 unspecified atom stereocenters. The number of benzene rings is 2. The number of nitrogens with one attached hydrogen (secondary N) is 2. The van der Waals surface area contributed by atoms with Crippen molar-refractivity contribution in [1.82, 2.24) is 14.7 Å². The minimum absolute atomic E-state index is 0. The zero-order valence-corrected chi connectivity index (χ0v) is 40.9. The molecule has 4 amide bonds. The van der Waals surface area contributed by atoms with Gasteiger partial charge in [0.1, 0.15) is 28.4 Å². The van der Waals surface area contributed by atoms with Gasteiger partial charge in [-0.1, -0.05) is 31.7 Å². The van der Waals surface area contributed by atoms with Crippen LogP contribution in [0.15, 0.2) is 48.5 Å². The standard InChI is InChI=1S/C17H23FN2O3.C17H25FN2O2.C11H19NO4.CH2Cl2.CH4.B/c1-17(2,3)23-16(22)20-10-6-7-12(11-20)15(21)19-14-9-5-4-8-13(14)18;1-17(2,3)22-16(21)20-10-6-7-13(12-20)11-19-15-9-5-4-8-14(15)18;1-11(2,3)16-10(15)12-6-4-5-8(7-12)9(13)14;2-1-3;;/h4-5,8-9,12H,6-7,10-11H2,1-3H3,(H,19,21);4-5,8-9,13,19H,6-7,10-12H2,1-3H3;8H,4-7H2,1-3H3,(H,13,14);1H2;1H4;. The molecule has 3 saturated heterocycles. The lowest BCUT2D eigenvalue weighted by Crippen LogP contribution is -2.45. The Kier molecular flexibility index (Phi) is 27.3. The second-order valence-electron chi connectivity index (χ2n) is 18.7. The summed E-state index contributed by atoms with van der Waals surface area (Å²) >= 11 is 9.53. The van der Waals surface area contributed by atoms with E-state index in [1.54, 1.807) is 81.7 Å². The van der Waals surface area contributed by atoms with Crippen molar-refractivity contribution in [1.29, 1.82) is 0 Å². The van der Waals surface area contributed by atoms with Crippen molar-refractivity contribution in [3.8, 4) is 0 Å². The molecule has 3 atom stereocenters. The smallest absolute Gasteiger partial charge is 0.410 e. The van der Waals surface area contributed by atoms with Crippen molar-refractivity contribution in [3.63, 3.8) is 0 Å². The molecule has 14 nitrogen and oxygen atoms in total. The molecule has 0 saturated carbocycles. The summed E-state index contributed by atoms with van der Waals surface area (Å²) in [5.41, 5.74) is -0.911. The number of amides is 4. The van der Waals surface area contributed by atoms with Gasteiger partial charge in [-0.3, -0.25) is 9.59 Å². The third-order valence-electron chi connectivity index (χ3n) is 9.62. The number of carboxylic acid groups (broad SMARTS) is 1. The van der Waals surface area contributed by atoms with Gasteiger partial charge in [0, 0.05) is 54.2 Å². The monoisotopic (exact) mass is 970 g/mol. The molecule has 2 aromatic rings. The topological polar surface area (TPSA) is 167 Å². The molecule has 3 radical (unpaired) electrons. The lowest BCUT2D eigenvalue weighted by atomic mass is 9.97. The van der Waals surface area contributed by atoms with Gasteiger partial charge in [-0.25, -0.2) is 23.2 Å². The molecule has 0 aliphatic carbocycles. The van der Waals surface area contributed by atoms with Crippen molar-refractivity contribution in [2.24, 2.45) is 17.8 Å². The number of ether oxygens (including phenoxy) is 3. The summed E-state index contributed by atoms with van der Waals surface area (Å²) < 4.78 is 43.1. The lowest BCUT2D eigenvalue weighted by Gasteiger charge is -2.34. The molecule has 0 aromatic heterocycles. The van der Waals surface area contributed by atoms with Crippen molar-refractivity contribution < 1.29 is 52.1 Å². The third-order valence-corrected chi connectivity index (χ3v) is 9.62. The fraction of sp³-hybridized carbons (Fsp3) is 0.638. The molecule has 371 valence electrons. The first kappa shape index (κ1) is 61.5. The summed E-state index contributed by atoms with van der Waals surface area (Å²) in [5.74, 6) is -2.35. The first-order valence-corrected chi connectivity index (χ1v) is 22.7. The van der Waals surface area contributed by atoms with Crippen LogP contribution in [0.4, 0.5) is 34.5 Å². The Morgan fingerprint density at radius 1 is 0.636 bits per heavy atom. The second kappa shape index (κ2) is 29.3. The van der Waals surface area contributed by atoms with E-state index in [1.807, 2.05) is 20.8 Å². The quantitative estimate of drug-likeness (QED) is 0.144. The average Bonchev–Trinajstić information content (AvgIpc) is 3.20. The van der Waals surface area contributed by atoms with Gasteiger partial charge in [0.15, 0.2) is 0 Å². The molecule has 19 heteroatoms. The predicted molar refractivity (Wildman–Crippen MR) is 258 cm³/mol. The van der Waals surface area contributed by atoms with Crippen LogP contribution in [-0.2, 0) is 23.8 Å². The number of likely N-dealkylation sites (tertiary alicyclic amines) is 3. The highest BCUT2D eigenvalue weighted by Crippen LogP contribution is 2.24. The SMILES string of the molecule is C.CC(C)(C)OC(=O)N1CCCC(C(=O)Nc2ccccc2F)C1.CC(C)(C)OC(=O)N1CCCC(C(=O)O)C1.CC(C)(C)OC(=O)N1CCCC(CNc2ccccc2F)C1.ClCCl.[B]. The first-order valence-electron chi connectivity index (χ1n) is 21.6. The van der Waals surface area contributed by atoms with E-state index in [0.29, 0.717) is 57.0 Å². The Balaban J connectivity index is 0.000000931. The molecule has 3 N–H and O–H groups in total. The van der Waals surface area contributed by atoms with Gasteiger partial charge in [0.25, 0.3) is 0 Å². The number of carboxylic acids is 1. The number of para-hydroxylation sites is 2. The minimum Gasteiger partial charge on any atom is -0.481 e. The van der Waals surface area contributed by atoms with Gasteiger partial charge in [-0.05, 0) is 131 Å². The summed E-state index contributed by atoms with van der Waals surface area (Å²) in [6.45, 7) is 20.1. The van der Waals surface area contributed by atoms with E-state index in [4.69, 9.17) is 42.5 Å². The molecular formula is C47H73BCl2F2N5O9. The minimum atomic E-state index is -0.840. The van der Waals surface area contributed by atoms with Gasteiger partial charge >= 0.3 is 24.2 Å². The Bertz CT molecular complexity index is 1810. The predicted octanol–water partition coefficient (Wildman–Crippen LogP) is 10.7. The van der Waals surface area contributed by atoms with Crippen LogP contribution in [-0.4, -0.2) is 126 Å². The summed E-state index contributed by atoms with van der Waals surface area (Å²) in [7, 11) is 0. The van der Waals surface area contributed by atoms with Gasteiger partial charge in [-0.15, -0.1) is 23.2 Å². The van der Waals surface area contributed by atoms with Crippen LogP contribution in [0, 0.1) is 29.4 Å². The molecule has 5 rings (SSSR count). The largest absolute Gasteiger partial charge is 0.481 e. The van der Waals surface area contributed by atoms with Gasteiger partial charge in [0.2, 0.25) is 5.91 Å². The molecule has 66 heavy (non-hydrogen) atoms. The molecular weight excluding hydrogens is 898 g/mol. The van der Waals surface area contributed by atoms with Crippen molar-refractivity contribution in [3.05, 3.63) is 60.2 Å². The second-order valence-corrected chi connectivity index (χ2v) is 19.5. The number of rotatable bonds is 6. The number of carbonyl (C=O) groups is 5. The number of hydrogen-bond acceptors (Lipinski definition) is 9. The number of halogens is 4. The van der Waals surface area contributed by atoms with Crippen LogP contribution in [0.1, 0.15) is 108 Å². The Hall–Kier alpha value is -4.51. The van der Waals surface area contributed by atoms with Crippen molar-refractivity contribution in [2.45, 2.75) is 125 Å². The number of anilines is 2. The van der Waals surface area contributed by atoms with E-state index < -0.39 is 46.7 Å². The van der Waals surface area contributed by atoms with Gasteiger partial charge < -0.3 is 44.7 Å². The normalized spacial score (nSPS) is 18.3. The van der Waals surface area contributed by atoms with E-state index in [9.17, 15) is 32.8 Å². The Morgan fingerprint density at radius 3 is 1.41 bits per heavy atom. The molecule has 3 fully saturated rings. The maximum atomic E-state index is 13.6. The van der Waals surface area contributed by atoms with E-state index in [2.05, 4.69) is 10.6 Å². The van der Waals surface area contributed by atoms with E-state index in [0.717, 1.165) is 25.8 Å². The van der Waals surface area contributed by atoms with Crippen molar-refractivity contribution in [2.75, 3.05) is 61.8 Å². The maximum Gasteiger partial charge on any atom is 0.410 e. The Morgan fingerprint density at radius 2 is 1.00 bits per heavy atom. The fourth-order valence-corrected chi connectivity index (χ4v) is 6.73. The maximum absolute atomic E-state index is 13.6. The summed E-state index contributed by atoms with van der Waals surface area (Å²) in [5, 5.41) is 14.8. The summed E-state index contributed by atoms with van der Waals surface area (Å²) in [4.78, 5) is 63.8. The first-order chi connectivity index (χ1) is 29.8. The van der Waals surface area contributed by atoms with Crippen LogP contribution in [0.3, 0.4) is 0 Å². The summed E-state index contributed by atoms with van der Waals surface area (Å²) in [6, 6.07) is 12.7. The number of nitrogens with zero attached hydrogens (tertiary/aromatic N) is 3. The van der Waals surface area contributed by atoms with E-state index >= 15 is 0 Å². The fourth-order valence-electron chi connectivity index (χ4n) is 6.73. The van der Waals surface area contributed by atoms with Crippen LogP contribution in [0.2, 0.25) is 0 Å². The van der Waals surface area contributed by atoms with Gasteiger partial charge in [-0.2, -0.15) is 0 Å². The zero-order chi connectivity index (χ0) is 48.3. The molecule has 3 aliphatic heterocycles. The number of aliphatic carboxylic acids is 1. The Labute approximate surface area is 403 Å². The highest BCUT2D eigenvalue weighted by molar-refractivity contribution is 6.40. The molecule has 0 bridgehead atoms. The number of piperidine rings is 3. The lowest BCUT2D eigenvalue weighted by molar-refractivity contribution is -0.143. The third kappa shape index (κ3) is 24.3. The van der Waals surface area contributed by atoms with Crippen LogP contribution in [0.25, 0.3) is 0 Å². The van der Waals surface area contributed by atoms with E-state index in [1.165, 1.54) is 23.1 Å². The number of alkyl halides is 2. The van der Waals surface area contributed by atoms with Crippen molar-refractivity contribution >= 4 is 73.1 Å². The molecule has 3 heterocycles. The van der Waals surface area contributed by atoms with E-state index in [-0.39, 0.29) is 63.7 Å². The molecule has 2 aromatic carbocycles. The van der Waals surface area contributed by atoms with Crippen LogP contribution >= 0.6 is 23.2 Å². The molecule has 3 aliphatic rings. The zero-order valence-electron chi connectivity index (χ0n) is 39.4. The number of carbonyl (C=O) groups excluding carboxylic acids is 4. The van der Waals surface area contributed by atoms with Gasteiger partial charge in [0.05, 0.1) is 28.5 Å². The number of hydrogen-bond donors (Lipinski definition) is 3. The average molecular weight is 972 g/mol. The highest BCUT2D eigenvalue weighted by atomic mass is 35.5. The summed E-state index contributed by atoms with van der Waals surface area (Å²) in [6.07, 6.45) is 3.62. The van der Waals surface area contributed by atoms with Crippen LogP contribution < -0.4 is 10.6 Å². The van der Waals surface area contributed by atoms with Crippen LogP contribution in [0.5, 0.6) is 0 Å². The molecule has 0 spiro atoms.